The summed E-state index contributed by atoms with van der Waals surface area (Å²) in [5.41, 5.74) is 3.37. The Morgan fingerprint density at radius 3 is 2.50 bits per heavy atom. The van der Waals surface area contributed by atoms with E-state index >= 15 is 0 Å². The van der Waals surface area contributed by atoms with Crippen molar-refractivity contribution in [2.24, 2.45) is 5.10 Å². The van der Waals surface area contributed by atoms with Crippen molar-refractivity contribution in [2.75, 3.05) is 31.3 Å². The first-order valence-electron chi connectivity index (χ1n) is 8.02. The predicted octanol–water partition coefficient (Wildman–Crippen LogP) is 2.38. The molecule has 8 nitrogen and oxygen atoms in total. The summed E-state index contributed by atoms with van der Waals surface area (Å²) in [6, 6.07) is 11.8. The van der Waals surface area contributed by atoms with Crippen LogP contribution in [0.25, 0.3) is 0 Å². The molecular formula is C18H20BrN3O5S. The lowest BCUT2D eigenvalue weighted by atomic mass is 10.2. The Bertz CT molecular complexity index is 979. The molecule has 2 rings (SSSR count). The van der Waals surface area contributed by atoms with Crippen molar-refractivity contribution in [3.8, 4) is 11.5 Å². The molecule has 0 bridgehead atoms. The number of amides is 1. The van der Waals surface area contributed by atoms with Crippen molar-refractivity contribution < 1.29 is 22.7 Å². The zero-order valence-electron chi connectivity index (χ0n) is 15.5. The molecule has 0 aliphatic heterocycles. The van der Waals surface area contributed by atoms with E-state index in [4.69, 9.17) is 9.47 Å². The lowest BCUT2D eigenvalue weighted by Gasteiger charge is -2.21. The minimum Gasteiger partial charge on any atom is -0.493 e. The molecule has 1 amide bonds. The number of halogens is 1. The molecule has 1 N–H and O–H groups in total. The van der Waals surface area contributed by atoms with E-state index in [0.29, 0.717) is 27.2 Å². The summed E-state index contributed by atoms with van der Waals surface area (Å²) in [6.07, 6.45) is 2.46. The van der Waals surface area contributed by atoms with Gasteiger partial charge in [0.15, 0.2) is 11.5 Å². The van der Waals surface area contributed by atoms with Crippen molar-refractivity contribution >= 4 is 43.8 Å². The number of nitrogens with one attached hydrogen (secondary N) is 1. The molecule has 0 aromatic heterocycles. The molecule has 2 aromatic rings. The third-order valence-corrected chi connectivity index (χ3v) is 5.23. The molecule has 0 saturated heterocycles. The molecule has 0 atom stereocenters. The van der Waals surface area contributed by atoms with Crippen molar-refractivity contribution in [2.45, 2.75) is 0 Å². The SMILES string of the molecule is COc1ccc(/C=N/NC(=O)CN(c2cccc(Br)c2)S(C)(=O)=O)cc1OC. The zero-order valence-corrected chi connectivity index (χ0v) is 18.0. The van der Waals surface area contributed by atoms with Crippen LogP contribution in [0.15, 0.2) is 52.0 Å². The maximum atomic E-state index is 12.2. The molecule has 10 heteroatoms. The number of carbonyl (C=O) groups excluding carboxylic acids is 1. The lowest BCUT2D eigenvalue weighted by Crippen LogP contribution is -2.39. The van der Waals surface area contributed by atoms with Crippen LogP contribution in [-0.2, 0) is 14.8 Å². The lowest BCUT2D eigenvalue weighted by molar-refractivity contribution is -0.119. The number of hydrogen-bond acceptors (Lipinski definition) is 6. The van der Waals surface area contributed by atoms with Gasteiger partial charge in [-0.3, -0.25) is 9.10 Å². The molecule has 0 aliphatic rings. The minimum absolute atomic E-state index is 0.371. The topological polar surface area (TPSA) is 97.3 Å². The fraction of sp³-hybridized carbons (Fsp3) is 0.222. The number of nitrogens with zero attached hydrogens (tertiary/aromatic N) is 2. The standard InChI is InChI=1S/C18H20BrN3O5S/c1-26-16-8-7-13(9-17(16)27-2)11-20-21-18(23)12-22(28(3,24)25)15-6-4-5-14(19)10-15/h4-11H,12H2,1-3H3,(H,21,23)/b20-11+. The quantitative estimate of drug-likeness (QED) is 0.472. The van der Waals surface area contributed by atoms with Gasteiger partial charge in [-0.25, -0.2) is 13.8 Å². The van der Waals surface area contributed by atoms with Gasteiger partial charge in [0.25, 0.3) is 5.91 Å². The van der Waals surface area contributed by atoms with E-state index in [0.717, 1.165) is 10.6 Å². The van der Waals surface area contributed by atoms with Gasteiger partial charge in [0.2, 0.25) is 10.0 Å². The summed E-state index contributed by atoms with van der Waals surface area (Å²) in [5.74, 6) is 0.513. The average Bonchev–Trinajstić information content (AvgIpc) is 2.65. The van der Waals surface area contributed by atoms with Gasteiger partial charge in [-0.1, -0.05) is 22.0 Å². The summed E-state index contributed by atoms with van der Waals surface area (Å²) < 4.78 is 36.2. The van der Waals surface area contributed by atoms with Crippen LogP contribution in [0, 0.1) is 0 Å². The summed E-state index contributed by atoms with van der Waals surface area (Å²) in [5, 5.41) is 3.87. The van der Waals surface area contributed by atoms with Crippen molar-refractivity contribution in [1.29, 1.82) is 0 Å². The van der Waals surface area contributed by atoms with E-state index < -0.39 is 22.5 Å². The second-order valence-electron chi connectivity index (χ2n) is 5.66. The maximum Gasteiger partial charge on any atom is 0.260 e. The van der Waals surface area contributed by atoms with Crippen LogP contribution >= 0.6 is 15.9 Å². The monoisotopic (exact) mass is 469 g/mol. The number of sulfonamides is 1. The number of methoxy groups -OCH3 is 2. The second kappa shape index (κ2) is 9.56. The van der Waals surface area contributed by atoms with Crippen LogP contribution in [0.3, 0.4) is 0 Å². The summed E-state index contributed by atoms with van der Waals surface area (Å²) in [4.78, 5) is 12.2. The number of anilines is 1. The maximum absolute atomic E-state index is 12.2. The number of hydrogen-bond donors (Lipinski definition) is 1. The van der Waals surface area contributed by atoms with Gasteiger partial charge < -0.3 is 9.47 Å². The molecule has 0 unspecified atom stereocenters. The Kier molecular flexibility index (Phi) is 7.41. The Balaban J connectivity index is 2.08. The highest BCUT2D eigenvalue weighted by Gasteiger charge is 2.20. The van der Waals surface area contributed by atoms with Gasteiger partial charge in [-0.15, -0.1) is 0 Å². The zero-order chi connectivity index (χ0) is 20.7. The number of hydrazone groups is 1. The molecule has 0 spiro atoms. The van der Waals surface area contributed by atoms with Crippen LogP contribution in [0.5, 0.6) is 11.5 Å². The van der Waals surface area contributed by atoms with Crippen LogP contribution in [0.2, 0.25) is 0 Å². The number of ether oxygens (including phenoxy) is 2. The Labute approximate surface area is 172 Å². The van der Waals surface area contributed by atoms with E-state index in [1.54, 1.807) is 42.5 Å². The minimum atomic E-state index is -3.65. The third-order valence-electron chi connectivity index (χ3n) is 3.59. The number of rotatable bonds is 8. The average molecular weight is 470 g/mol. The van der Waals surface area contributed by atoms with Crippen LogP contribution in [0.4, 0.5) is 5.69 Å². The van der Waals surface area contributed by atoms with Gasteiger partial charge in [0, 0.05) is 4.47 Å². The smallest absolute Gasteiger partial charge is 0.260 e. The van der Waals surface area contributed by atoms with Crippen LogP contribution in [0.1, 0.15) is 5.56 Å². The highest BCUT2D eigenvalue weighted by Crippen LogP contribution is 2.26. The second-order valence-corrected chi connectivity index (χ2v) is 8.48. The van der Waals surface area contributed by atoms with E-state index in [1.165, 1.54) is 20.4 Å². The van der Waals surface area contributed by atoms with Gasteiger partial charge in [-0.2, -0.15) is 5.10 Å². The summed E-state index contributed by atoms with van der Waals surface area (Å²) in [6.45, 7) is -0.404. The predicted molar refractivity (Wildman–Crippen MR) is 112 cm³/mol. The highest BCUT2D eigenvalue weighted by molar-refractivity contribution is 9.10. The van der Waals surface area contributed by atoms with Gasteiger partial charge >= 0.3 is 0 Å². The van der Waals surface area contributed by atoms with Crippen LogP contribution in [-0.4, -0.2) is 47.6 Å². The third kappa shape index (κ3) is 5.96. The molecule has 2 aromatic carbocycles. The normalized spacial score (nSPS) is 11.3. The first-order valence-corrected chi connectivity index (χ1v) is 10.7. The molecule has 0 heterocycles. The fourth-order valence-electron chi connectivity index (χ4n) is 2.31. The molecule has 0 saturated carbocycles. The molecule has 0 radical (unpaired) electrons. The first-order chi connectivity index (χ1) is 13.2. The van der Waals surface area contributed by atoms with E-state index in [9.17, 15) is 13.2 Å². The van der Waals surface area contributed by atoms with Crippen molar-refractivity contribution in [3.63, 3.8) is 0 Å². The molecule has 0 fully saturated rings. The molecule has 28 heavy (non-hydrogen) atoms. The number of benzene rings is 2. The van der Waals surface area contributed by atoms with E-state index in [-0.39, 0.29) is 0 Å². The Morgan fingerprint density at radius 1 is 1.18 bits per heavy atom. The van der Waals surface area contributed by atoms with Gasteiger partial charge in [0.05, 0.1) is 32.4 Å². The van der Waals surface area contributed by atoms with Crippen molar-refractivity contribution in [1.82, 2.24) is 5.43 Å². The summed E-state index contributed by atoms with van der Waals surface area (Å²) >= 11 is 3.29. The van der Waals surface area contributed by atoms with Gasteiger partial charge in [0.1, 0.15) is 6.54 Å². The highest BCUT2D eigenvalue weighted by atomic mass is 79.9. The molecule has 0 aliphatic carbocycles. The van der Waals surface area contributed by atoms with Gasteiger partial charge in [-0.05, 0) is 42.0 Å². The first kappa shape index (κ1) is 21.7. The van der Waals surface area contributed by atoms with Crippen molar-refractivity contribution in [3.05, 3.63) is 52.5 Å². The van der Waals surface area contributed by atoms with E-state index in [1.807, 2.05) is 0 Å². The fourth-order valence-corrected chi connectivity index (χ4v) is 3.54. The summed E-state index contributed by atoms with van der Waals surface area (Å²) in [7, 11) is -0.606. The van der Waals surface area contributed by atoms with Crippen LogP contribution < -0.4 is 19.2 Å². The Morgan fingerprint density at radius 2 is 1.89 bits per heavy atom. The molecular weight excluding hydrogens is 450 g/mol. The largest absolute Gasteiger partial charge is 0.493 e. The molecule has 150 valence electrons. The number of carbonyl (C=O) groups is 1. The Hall–Kier alpha value is -2.59. The van der Waals surface area contributed by atoms with E-state index in [2.05, 4.69) is 26.5 Å².